The second-order valence-electron chi connectivity index (χ2n) is 8.92. The molecular weight excluding hydrogens is 430 g/mol. The third-order valence-corrected chi connectivity index (χ3v) is 7.75. The Hall–Kier alpha value is -2.31. The Morgan fingerprint density at radius 1 is 1.15 bits per heavy atom. The van der Waals surface area contributed by atoms with E-state index in [0.29, 0.717) is 6.10 Å². The number of rotatable bonds is 3. The van der Waals surface area contributed by atoms with E-state index in [4.69, 9.17) is 9.84 Å². The fourth-order valence-corrected chi connectivity index (χ4v) is 5.67. The minimum Gasteiger partial charge on any atom is -0.379 e. The number of thioether (sulfide) groups is 1. The number of ether oxygens (including phenoxy) is 1. The topological polar surface area (TPSA) is 47.4 Å². The maximum Gasteiger partial charge on any atom is 0.236 e. The van der Waals surface area contributed by atoms with Gasteiger partial charge in [0, 0.05) is 25.4 Å². The van der Waals surface area contributed by atoms with Gasteiger partial charge in [-0.3, -0.25) is 4.79 Å². The number of amides is 1. The van der Waals surface area contributed by atoms with Gasteiger partial charge in [-0.05, 0) is 70.1 Å². The first-order valence-electron chi connectivity index (χ1n) is 12.1. The summed E-state index contributed by atoms with van der Waals surface area (Å²) in [7, 11) is 1.90. The van der Waals surface area contributed by atoms with E-state index in [1.807, 2.05) is 23.6 Å². The lowest BCUT2D eigenvalue weighted by Gasteiger charge is -2.19. The summed E-state index contributed by atoms with van der Waals surface area (Å²) < 4.78 is 7.12. The van der Waals surface area contributed by atoms with Crippen LogP contribution in [0.2, 0.25) is 0 Å². The molecule has 3 atom stereocenters. The van der Waals surface area contributed by atoms with Crippen molar-refractivity contribution < 1.29 is 9.53 Å². The summed E-state index contributed by atoms with van der Waals surface area (Å²) in [5, 5.41) is 4.97. The van der Waals surface area contributed by atoms with Crippen LogP contribution in [0.3, 0.4) is 0 Å². The zero-order chi connectivity index (χ0) is 23.2. The molecule has 1 aromatic rings. The van der Waals surface area contributed by atoms with Gasteiger partial charge in [0.2, 0.25) is 5.91 Å². The molecule has 2 aliphatic carbocycles. The number of aromatic nitrogens is 2. The molecule has 0 N–H and O–H groups in total. The minimum atomic E-state index is -0.0147. The molecule has 5 nitrogen and oxygen atoms in total. The highest BCUT2D eigenvalue weighted by atomic mass is 32.2. The highest BCUT2D eigenvalue weighted by Crippen LogP contribution is 2.44. The van der Waals surface area contributed by atoms with Gasteiger partial charge in [-0.15, -0.1) is 11.8 Å². The van der Waals surface area contributed by atoms with Crippen LogP contribution in [-0.4, -0.2) is 45.6 Å². The van der Waals surface area contributed by atoms with Crippen molar-refractivity contribution in [2.24, 2.45) is 0 Å². The van der Waals surface area contributed by atoms with Crippen molar-refractivity contribution in [1.82, 2.24) is 14.7 Å². The van der Waals surface area contributed by atoms with Gasteiger partial charge in [-0.25, -0.2) is 4.68 Å². The summed E-state index contributed by atoms with van der Waals surface area (Å²) in [6.45, 7) is 5.09. The highest BCUT2D eigenvalue weighted by Gasteiger charge is 2.38. The molecule has 1 amide bonds. The van der Waals surface area contributed by atoms with E-state index >= 15 is 0 Å². The van der Waals surface area contributed by atoms with Crippen LogP contribution in [0.5, 0.6) is 0 Å². The Morgan fingerprint density at radius 2 is 2.03 bits per heavy atom. The van der Waals surface area contributed by atoms with E-state index in [1.54, 1.807) is 11.8 Å². The van der Waals surface area contributed by atoms with E-state index in [9.17, 15) is 4.79 Å². The van der Waals surface area contributed by atoms with Crippen LogP contribution in [0.15, 0.2) is 54.8 Å². The Balaban J connectivity index is 0.000000376. The number of hydrogen-bond acceptors (Lipinski definition) is 4. The smallest absolute Gasteiger partial charge is 0.236 e. The second-order valence-corrected chi connectivity index (χ2v) is 10.3. The number of carbonyl (C=O) groups is 1. The molecule has 6 heteroatoms. The van der Waals surface area contributed by atoms with Gasteiger partial charge in [0.25, 0.3) is 0 Å². The van der Waals surface area contributed by atoms with Gasteiger partial charge in [0.05, 0.1) is 22.7 Å². The molecule has 0 bridgehead atoms. The van der Waals surface area contributed by atoms with E-state index < -0.39 is 0 Å². The lowest BCUT2D eigenvalue weighted by Crippen LogP contribution is -2.26. The Bertz CT molecular complexity index is 995. The Kier molecular flexibility index (Phi) is 8.10. The first-order chi connectivity index (χ1) is 16.0. The second kappa shape index (κ2) is 11.2. The zero-order valence-electron chi connectivity index (χ0n) is 19.9. The molecule has 0 spiro atoms. The van der Waals surface area contributed by atoms with Gasteiger partial charge in [-0.2, -0.15) is 5.10 Å². The minimum absolute atomic E-state index is 0.00952. The van der Waals surface area contributed by atoms with E-state index in [0.717, 1.165) is 49.2 Å². The average Bonchev–Trinajstić information content (AvgIpc) is 3.36. The first-order valence-corrected chi connectivity index (χ1v) is 13.0. The first kappa shape index (κ1) is 23.8. The molecule has 0 aromatic carbocycles. The third-order valence-electron chi connectivity index (χ3n) is 6.31. The molecule has 4 aliphatic rings. The summed E-state index contributed by atoms with van der Waals surface area (Å²) in [5.41, 5.74) is 4.46. The average molecular weight is 466 g/mol. The van der Waals surface area contributed by atoms with Crippen LogP contribution >= 0.6 is 11.8 Å². The van der Waals surface area contributed by atoms with E-state index in [1.165, 1.54) is 18.4 Å². The predicted molar refractivity (Wildman–Crippen MR) is 138 cm³/mol. The standard InChI is InChI=1S/C22H25N3OS.C5H10O/c1-16-21(26)24(2)22(27-16)19-15-25(18-13-9-5-6-10-14-18)23-20(19)17-11-7-3-4-8-12-17;1-5-3-2-4-6-5/h3,5,7,9-10,12-16,22H,4,6,8,11H2,1-2H3;5H,2-4H2,1H3. The molecule has 2 fully saturated rings. The van der Waals surface area contributed by atoms with Crippen molar-refractivity contribution in [3.05, 3.63) is 66.1 Å². The normalized spacial score (nSPS) is 27.1. The summed E-state index contributed by atoms with van der Waals surface area (Å²) in [6, 6.07) is 0. The van der Waals surface area contributed by atoms with E-state index in [2.05, 4.69) is 61.7 Å². The van der Waals surface area contributed by atoms with Crippen LogP contribution < -0.4 is 0 Å². The largest absolute Gasteiger partial charge is 0.379 e. The third kappa shape index (κ3) is 5.79. The molecule has 0 saturated carbocycles. The summed E-state index contributed by atoms with van der Waals surface area (Å²) in [6.07, 6.45) is 26.5. The molecule has 3 unspecified atom stereocenters. The van der Waals surface area contributed by atoms with Gasteiger partial charge in [-0.1, -0.05) is 36.5 Å². The van der Waals surface area contributed by atoms with Gasteiger partial charge >= 0.3 is 0 Å². The fourth-order valence-electron chi connectivity index (χ4n) is 4.40. The maximum atomic E-state index is 12.4. The van der Waals surface area contributed by atoms with Crippen molar-refractivity contribution in [3.8, 4) is 0 Å². The van der Waals surface area contributed by atoms with Gasteiger partial charge < -0.3 is 9.64 Å². The fraction of sp³-hybridized carbons (Fsp3) is 0.481. The molecule has 3 heterocycles. The van der Waals surface area contributed by atoms with Crippen LogP contribution in [-0.2, 0) is 9.53 Å². The van der Waals surface area contributed by atoms with Crippen molar-refractivity contribution in [2.45, 2.75) is 69.1 Å². The summed E-state index contributed by atoms with van der Waals surface area (Å²) >= 11 is 1.71. The van der Waals surface area contributed by atoms with Crippen molar-refractivity contribution >= 4 is 28.9 Å². The predicted octanol–water partition coefficient (Wildman–Crippen LogP) is 6.14. The lowest BCUT2D eigenvalue weighted by molar-refractivity contribution is -0.128. The van der Waals surface area contributed by atoms with Crippen LogP contribution in [0.4, 0.5) is 0 Å². The summed E-state index contributed by atoms with van der Waals surface area (Å²) in [5.74, 6) is 0.190. The SMILES string of the molecule is CC1CCCO1.CC1SC(c2cn(C3=CC=CCC=C3)nc2C2=CCCC=CC2)N(C)C1=O. The molecule has 176 valence electrons. The molecule has 5 rings (SSSR count). The lowest BCUT2D eigenvalue weighted by atomic mass is 10.0. The van der Waals surface area contributed by atoms with E-state index in [-0.39, 0.29) is 16.5 Å². The van der Waals surface area contributed by atoms with Crippen LogP contribution in [0.1, 0.15) is 69.0 Å². The van der Waals surface area contributed by atoms with Crippen LogP contribution in [0, 0.1) is 0 Å². The molecule has 0 radical (unpaired) electrons. The maximum absolute atomic E-state index is 12.4. The highest BCUT2D eigenvalue weighted by molar-refractivity contribution is 8.01. The van der Waals surface area contributed by atoms with Crippen molar-refractivity contribution in [2.75, 3.05) is 13.7 Å². The molecule has 2 saturated heterocycles. The van der Waals surface area contributed by atoms with Crippen molar-refractivity contribution in [1.29, 1.82) is 0 Å². The molecule has 33 heavy (non-hydrogen) atoms. The summed E-state index contributed by atoms with van der Waals surface area (Å²) in [4.78, 5) is 14.3. The van der Waals surface area contributed by atoms with Crippen molar-refractivity contribution in [3.63, 3.8) is 0 Å². The quantitative estimate of drug-likeness (QED) is 0.503. The molecule has 2 aliphatic heterocycles. The molecule has 1 aromatic heterocycles. The number of carbonyl (C=O) groups excluding carboxylic acids is 1. The molecular formula is C27H35N3O2S. The van der Waals surface area contributed by atoms with Gasteiger partial charge in [0.15, 0.2) is 0 Å². The van der Waals surface area contributed by atoms with Gasteiger partial charge in [0.1, 0.15) is 5.37 Å². The zero-order valence-corrected chi connectivity index (χ0v) is 20.8. The number of nitrogens with zero attached hydrogens (tertiary/aromatic N) is 3. The number of hydrogen-bond donors (Lipinski definition) is 0. The monoisotopic (exact) mass is 465 g/mol. The van der Waals surface area contributed by atoms with Crippen LogP contribution in [0.25, 0.3) is 11.3 Å². The number of allylic oxidation sites excluding steroid dienone is 10. The Morgan fingerprint density at radius 3 is 2.73 bits per heavy atom. The Labute approximate surface area is 201 Å².